The van der Waals surface area contributed by atoms with Gasteiger partial charge in [-0.15, -0.1) is 0 Å². The van der Waals surface area contributed by atoms with Crippen molar-refractivity contribution in [3.8, 4) is 0 Å². The van der Waals surface area contributed by atoms with Crippen molar-refractivity contribution >= 4 is 21.6 Å². The Morgan fingerprint density at radius 3 is 2.23 bits per heavy atom. The lowest BCUT2D eigenvalue weighted by molar-refractivity contribution is 0.301. The van der Waals surface area contributed by atoms with Gasteiger partial charge in [-0.1, -0.05) is 134 Å². The summed E-state index contributed by atoms with van der Waals surface area (Å²) in [6, 6.07) is 16.9. The third-order valence-corrected chi connectivity index (χ3v) is 8.39. The molecular formula is C35H57N3S. The second-order valence-electron chi connectivity index (χ2n) is 10.7. The summed E-state index contributed by atoms with van der Waals surface area (Å²) >= 11 is 1.56. The van der Waals surface area contributed by atoms with Crippen molar-refractivity contribution in [2.45, 2.75) is 118 Å². The molecule has 39 heavy (non-hydrogen) atoms. The molecule has 1 saturated carbocycles. The minimum Gasteiger partial charge on any atom is -0.387 e. The van der Waals surface area contributed by atoms with Crippen molar-refractivity contribution in [2.24, 2.45) is 11.7 Å². The van der Waals surface area contributed by atoms with E-state index in [9.17, 15) is 0 Å². The van der Waals surface area contributed by atoms with Crippen molar-refractivity contribution in [1.29, 1.82) is 0 Å². The molecule has 1 heterocycles. The average Bonchev–Trinajstić information content (AvgIpc) is 3.53. The molecular weight excluding hydrogens is 494 g/mol. The Balaban J connectivity index is 0.000000331. The minimum absolute atomic E-state index is 0.0367. The predicted molar refractivity (Wildman–Crippen MR) is 177 cm³/mol. The summed E-state index contributed by atoms with van der Waals surface area (Å²) in [5.74, 6) is 0.655. The molecule has 1 aromatic heterocycles. The highest BCUT2D eigenvalue weighted by molar-refractivity contribution is 7.13. The molecule has 1 aliphatic rings. The van der Waals surface area contributed by atoms with Gasteiger partial charge in [0.25, 0.3) is 0 Å². The number of fused-ring (bicyclic) bond motifs is 1. The van der Waals surface area contributed by atoms with Crippen LogP contribution in [0, 0.1) is 19.8 Å². The Hall–Kier alpha value is -2.17. The molecule has 4 heteroatoms. The number of unbranched alkanes of at least 4 members (excludes halogenated alkanes) is 4. The maximum Gasteiger partial charge on any atom is 0.0589 e. The van der Waals surface area contributed by atoms with E-state index < -0.39 is 0 Å². The molecule has 3 N–H and O–H groups in total. The summed E-state index contributed by atoms with van der Waals surface area (Å²) in [6.07, 6.45) is 12.8. The molecule has 0 aliphatic heterocycles. The standard InChI is InChI=1S/C18H28N2.C8H7NS.C7H16.C2H6/c1-4-17-6-5-11-18(17,19)13-20-15(3)12-16-9-7-14(2)8-10-16;1-6-7-4-2-3-5-8(7)10-9-6;1-3-5-7-6-4-2;1-2/h7-10,17,20H,3-6,11-13,19H2,1-2H3;2-5H,1H3;3-7H2,1-2H3;1-2H3. The number of rotatable bonds is 10. The van der Waals surface area contributed by atoms with Crippen LogP contribution in [0.4, 0.5) is 0 Å². The number of nitrogens with zero attached hydrogens (tertiary/aromatic N) is 1. The molecule has 4 rings (SSSR count). The lowest BCUT2D eigenvalue weighted by atomic mass is 9.86. The molecule has 0 amide bonds. The second-order valence-corrected chi connectivity index (χ2v) is 11.5. The number of nitrogens with one attached hydrogen (secondary N) is 1. The van der Waals surface area contributed by atoms with Crippen LogP contribution < -0.4 is 11.1 Å². The van der Waals surface area contributed by atoms with Gasteiger partial charge in [0.2, 0.25) is 0 Å². The van der Waals surface area contributed by atoms with E-state index in [1.165, 1.54) is 72.6 Å². The van der Waals surface area contributed by atoms with Gasteiger partial charge in [-0.3, -0.25) is 0 Å². The third kappa shape index (κ3) is 12.7. The normalized spacial score (nSPS) is 17.7. The number of benzene rings is 2. The van der Waals surface area contributed by atoms with Crippen molar-refractivity contribution in [3.05, 3.63) is 77.6 Å². The van der Waals surface area contributed by atoms with Gasteiger partial charge in [-0.05, 0) is 55.8 Å². The summed E-state index contributed by atoms with van der Waals surface area (Å²) in [5, 5.41) is 4.76. The van der Waals surface area contributed by atoms with Gasteiger partial charge in [-0.2, -0.15) is 4.37 Å². The molecule has 0 bridgehead atoms. The van der Waals surface area contributed by atoms with Gasteiger partial charge in [0.05, 0.1) is 10.4 Å². The minimum atomic E-state index is -0.0367. The van der Waals surface area contributed by atoms with Gasteiger partial charge in [0.15, 0.2) is 0 Å². The van der Waals surface area contributed by atoms with Crippen LogP contribution in [0.5, 0.6) is 0 Å². The monoisotopic (exact) mass is 551 g/mol. The van der Waals surface area contributed by atoms with Crippen LogP contribution in [0.3, 0.4) is 0 Å². The Morgan fingerprint density at radius 2 is 1.64 bits per heavy atom. The van der Waals surface area contributed by atoms with E-state index in [1.54, 1.807) is 11.5 Å². The van der Waals surface area contributed by atoms with Crippen LogP contribution in [0.15, 0.2) is 60.8 Å². The zero-order chi connectivity index (χ0) is 29.1. The van der Waals surface area contributed by atoms with E-state index in [2.05, 4.69) is 80.4 Å². The Bertz CT molecular complexity index is 1040. The maximum absolute atomic E-state index is 6.57. The van der Waals surface area contributed by atoms with E-state index >= 15 is 0 Å². The zero-order valence-electron chi connectivity index (χ0n) is 26.1. The maximum atomic E-state index is 6.57. The molecule has 2 unspecified atom stereocenters. The van der Waals surface area contributed by atoms with Gasteiger partial charge in [0, 0.05) is 29.6 Å². The molecule has 0 spiro atoms. The summed E-state index contributed by atoms with van der Waals surface area (Å²) in [4.78, 5) is 0. The van der Waals surface area contributed by atoms with Crippen molar-refractivity contribution < 1.29 is 0 Å². The summed E-state index contributed by atoms with van der Waals surface area (Å²) in [5.41, 5.74) is 11.3. The van der Waals surface area contributed by atoms with Gasteiger partial charge >= 0.3 is 0 Å². The van der Waals surface area contributed by atoms with Gasteiger partial charge in [0.1, 0.15) is 0 Å². The summed E-state index contributed by atoms with van der Waals surface area (Å²) < 4.78 is 5.52. The van der Waals surface area contributed by atoms with E-state index in [0.717, 1.165) is 30.8 Å². The van der Waals surface area contributed by atoms with Crippen LogP contribution in [0.1, 0.15) is 109 Å². The van der Waals surface area contributed by atoms with Crippen LogP contribution in [0.2, 0.25) is 0 Å². The molecule has 1 aliphatic carbocycles. The first-order valence-corrected chi connectivity index (χ1v) is 16.2. The number of aryl methyl sites for hydroxylation is 2. The molecule has 0 saturated heterocycles. The second kappa shape index (κ2) is 19.8. The van der Waals surface area contributed by atoms with E-state index in [-0.39, 0.29) is 5.54 Å². The highest BCUT2D eigenvalue weighted by Gasteiger charge is 2.37. The molecule has 3 nitrogen and oxygen atoms in total. The number of hydrogen-bond donors (Lipinski definition) is 2. The molecule has 218 valence electrons. The Kier molecular flexibility index (Phi) is 17.7. The number of nitrogens with two attached hydrogens (primary N) is 1. The quantitative estimate of drug-likeness (QED) is 0.246. The van der Waals surface area contributed by atoms with Crippen molar-refractivity contribution in [3.63, 3.8) is 0 Å². The van der Waals surface area contributed by atoms with Crippen LogP contribution >= 0.6 is 11.5 Å². The van der Waals surface area contributed by atoms with Crippen molar-refractivity contribution in [2.75, 3.05) is 6.54 Å². The molecule has 2 aromatic carbocycles. The molecule has 2 atom stereocenters. The summed E-state index contributed by atoms with van der Waals surface area (Å²) in [6.45, 7) is 19.9. The van der Waals surface area contributed by atoms with Crippen LogP contribution in [-0.2, 0) is 6.42 Å². The van der Waals surface area contributed by atoms with Gasteiger partial charge in [-0.25, -0.2) is 0 Å². The van der Waals surface area contributed by atoms with Crippen LogP contribution in [-0.4, -0.2) is 16.5 Å². The highest BCUT2D eigenvalue weighted by atomic mass is 32.1. The third-order valence-electron chi connectivity index (χ3n) is 7.47. The predicted octanol–water partition coefficient (Wildman–Crippen LogP) is 10.2. The fraction of sp³-hybridized carbons (Fsp3) is 0.571. The first-order valence-electron chi connectivity index (χ1n) is 15.4. The smallest absolute Gasteiger partial charge is 0.0589 e. The lowest BCUT2D eigenvalue weighted by Gasteiger charge is -2.32. The molecule has 1 fully saturated rings. The first kappa shape index (κ1) is 34.9. The largest absolute Gasteiger partial charge is 0.387 e. The fourth-order valence-corrected chi connectivity index (χ4v) is 5.79. The van der Waals surface area contributed by atoms with E-state index in [0.29, 0.717) is 5.92 Å². The zero-order valence-corrected chi connectivity index (χ0v) is 26.9. The topological polar surface area (TPSA) is 50.9 Å². The number of allylic oxidation sites excluding steroid dienone is 1. The number of hydrogen-bond acceptors (Lipinski definition) is 4. The fourth-order valence-electron chi connectivity index (χ4n) is 5.01. The molecule has 0 radical (unpaired) electrons. The first-order chi connectivity index (χ1) is 18.8. The van der Waals surface area contributed by atoms with E-state index in [1.807, 2.05) is 32.9 Å². The Labute approximate surface area is 244 Å². The number of aromatic nitrogens is 1. The SMILES string of the molecule is C=C(Cc1ccc(C)cc1)NCC1(N)CCCC1CC.CC.CCCCCCC.Cc1nsc2ccccc12. The van der Waals surface area contributed by atoms with Crippen LogP contribution in [0.25, 0.3) is 10.1 Å². The van der Waals surface area contributed by atoms with Crippen molar-refractivity contribution in [1.82, 2.24) is 9.69 Å². The lowest BCUT2D eigenvalue weighted by Crippen LogP contribution is -2.51. The summed E-state index contributed by atoms with van der Waals surface area (Å²) in [7, 11) is 0. The van der Waals surface area contributed by atoms with Gasteiger partial charge < -0.3 is 11.1 Å². The molecule has 3 aromatic rings. The average molecular weight is 552 g/mol. The Morgan fingerprint density at radius 1 is 1.00 bits per heavy atom. The van der Waals surface area contributed by atoms with E-state index in [4.69, 9.17) is 5.73 Å². The highest BCUT2D eigenvalue weighted by Crippen LogP contribution is 2.35.